The van der Waals surface area contributed by atoms with Gasteiger partial charge in [0.2, 0.25) is 3.79 Å². The lowest BCUT2D eigenvalue weighted by Gasteiger charge is -2.01. The Balaban J connectivity index is 0. The maximum absolute atomic E-state index is 9.57. The summed E-state index contributed by atoms with van der Waals surface area (Å²) in [7, 11) is 0. The Morgan fingerprint density at radius 3 is 1.23 bits per heavy atom. The van der Waals surface area contributed by atoms with Crippen molar-refractivity contribution in [2.45, 2.75) is 14.0 Å². The van der Waals surface area contributed by atoms with Gasteiger partial charge in [-0.3, -0.25) is 4.79 Å². The third-order valence-corrected chi connectivity index (χ3v) is 1.18. The Labute approximate surface area is 105 Å². The van der Waals surface area contributed by atoms with Crippen molar-refractivity contribution in [2.75, 3.05) is 0 Å². The van der Waals surface area contributed by atoms with Crippen molar-refractivity contribution in [3.05, 3.63) is 0 Å². The average Bonchev–Trinajstić information content (AvgIpc) is 1.84. The van der Waals surface area contributed by atoms with E-state index in [1.165, 1.54) is 0 Å². The summed E-state index contributed by atoms with van der Waals surface area (Å²) in [5.41, 5.74) is 0. The van der Waals surface area contributed by atoms with Crippen LogP contribution in [0.4, 0.5) is 0 Å². The molecule has 0 fully saturated rings. The Hall–Kier alpha value is 1.08. The molecule has 0 aromatic heterocycles. The fourth-order valence-corrected chi connectivity index (χ4v) is 0.283. The third kappa shape index (κ3) is 24.6. The van der Waals surface area contributed by atoms with E-state index >= 15 is 0 Å². The molecule has 0 rings (SSSR count). The van der Waals surface area contributed by atoms with Crippen LogP contribution in [0.15, 0.2) is 0 Å². The molecule has 78 valence electrons. The van der Waals surface area contributed by atoms with Crippen molar-refractivity contribution in [1.82, 2.24) is 0 Å². The molecular formula is C5H4Cl6O2. The summed E-state index contributed by atoms with van der Waals surface area (Å²) < 4.78 is -3.12. The number of hydrogen-bond donors (Lipinski definition) is 0. The summed E-state index contributed by atoms with van der Waals surface area (Å²) in [6.07, 6.45) is 0.752. The van der Waals surface area contributed by atoms with Crippen LogP contribution in [0.25, 0.3) is 0 Å². The normalized spacial score (nSPS) is 11.2. The van der Waals surface area contributed by atoms with Crippen LogP contribution in [-0.4, -0.2) is 20.2 Å². The monoisotopic (exact) mass is 306 g/mol. The number of rotatable bonds is 1. The smallest absolute Gasteiger partial charge is 0.245 e. The first-order chi connectivity index (χ1) is 5.62. The molecule has 0 aliphatic heterocycles. The highest BCUT2D eigenvalue weighted by atomic mass is 35.6. The summed E-state index contributed by atoms with van der Waals surface area (Å²) >= 11 is 30.0. The highest BCUT2D eigenvalue weighted by molar-refractivity contribution is 6.74. The van der Waals surface area contributed by atoms with Crippen LogP contribution in [0.3, 0.4) is 0 Å². The van der Waals surface area contributed by atoms with E-state index in [2.05, 4.69) is 0 Å². The summed E-state index contributed by atoms with van der Waals surface area (Å²) in [6.45, 7) is 0. The topological polar surface area (TPSA) is 34.1 Å². The van der Waals surface area contributed by atoms with Crippen molar-refractivity contribution in [3.63, 3.8) is 0 Å². The fourth-order valence-electron chi connectivity index (χ4n) is 0.0945. The number of aldehydes is 2. The molecule has 0 spiro atoms. The van der Waals surface area contributed by atoms with Gasteiger partial charge in [-0.1, -0.05) is 69.6 Å². The van der Waals surface area contributed by atoms with E-state index in [1.807, 2.05) is 0 Å². The van der Waals surface area contributed by atoms with E-state index < -0.39 is 7.59 Å². The number of alkyl halides is 6. The molecule has 0 aliphatic carbocycles. The van der Waals surface area contributed by atoms with Gasteiger partial charge >= 0.3 is 0 Å². The molecule has 0 unspecified atom stereocenters. The van der Waals surface area contributed by atoms with Gasteiger partial charge in [0.05, 0.1) is 6.42 Å². The van der Waals surface area contributed by atoms with Gasteiger partial charge in [-0.05, 0) is 0 Å². The molecule has 0 N–H and O–H groups in total. The summed E-state index contributed by atoms with van der Waals surface area (Å²) in [5, 5.41) is 0. The molecule has 0 aromatic carbocycles. The van der Waals surface area contributed by atoms with Crippen LogP contribution in [-0.2, 0) is 9.59 Å². The van der Waals surface area contributed by atoms with Gasteiger partial charge in [-0.25, -0.2) is 0 Å². The van der Waals surface area contributed by atoms with Gasteiger partial charge in [0.15, 0.2) is 10.1 Å². The van der Waals surface area contributed by atoms with E-state index in [4.69, 9.17) is 69.6 Å². The SMILES string of the molecule is O=CC(Cl)(Cl)Cl.O=CCC(Cl)(Cl)Cl. The molecule has 0 saturated heterocycles. The first-order valence-electron chi connectivity index (χ1n) is 2.66. The highest BCUT2D eigenvalue weighted by Gasteiger charge is 2.17. The third-order valence-electron chi connectivity index (χ3n) is 0.448. The van der Waals surface area contributed by atoms with Crippen molar-refractivity contribution < 1.29 is 9.59 Å². The van der Waals surface area contributed by atoms with Crippen LogP contribution in [0.5, 0.6) is 0 Å². The van der Waals surface area contributed by atoms with E-state index in [0.717, 1.165) is 0 Å². The molecule has 0 aliphatic rings. The average molecular weight is 309 g/mol. The molecule has 13 heavy (non-hydrogen) atoms. The van der Waals surface area contributed by atoms with Gasteiger partial charge in [-0.15, -0.1) is 0 Å². The zero-order valence-electron chi connectivity index (χ0n) is 5.95. The van der Waals surface area contributed by atoms with Crippen LogP contribution >= 0.6 is 69.6 Å². The minimum absolute atomic E-state index is 0.0440. The van der Waals surface area contributed by atoms with Gasteiger partial charge in [-0.2, -0.15) is 0 Å². The van der Waals surface area contributed by atoms with Crippen LogP contribution in [0.2, 0.25) is 0 Å². The second-order valence-corrected chi connectivity index (χ2v) is 6.53. The van der Waals surface area contributed by atoms with Crippen molar-refractivity contribution >= 4 is 82.2 Å². The number of carbonyl (C=O) groups excluding carboxylic acids is 2. The van der Waals surface area contributed by atoms with E-state index in [9.17, 15) is 9.59 Å². The van der Waals surface area contributed by atoms with Gasteiger partial charge < -0.3 is 4.79 Å². The maximum atomic E-state index is 9.57. The predicted octanol–water partition coefficient (Wildman–Crippen LogP) is 3.50. The Morgan fingerprint density at radius 2 is 1.23 bits per heavy atom. The maximum Gasteiger partial charge on any atom is 0.245 e. The minimum Gasteiger partial charge on any atom is -0.303 e. The molecule has 0 saturated carbocycles. The van der Waals surface area contributed by atoms with Crippen LogP contribution < -0.4 is 0 Å². The summed E-state index contributed by atoms with van der Waals surface area (Å²) in [6, 6.07) is 0. The van der Waals surface area contributed by atoms with Gasteiger partial charge in [0.25, 0.3) is 0 Å². The van der Waals surface area contributed by atoms with E-state index in [0.29, 0.717) is 6.29 Å². The molecule has 0 bridgehead atoms. The molecular weight excluding hydrogens is 305 g/mol. The van der Waals surface area contributed by atoms with Crippen molar-refractivity contribution in [2.24, 2.45) is 0 Å². The first-order valence-corrected chi connectivity index (χ1v) is 4.92. The molecule has 0 radical (unpaired) electrons. The van der Waals surface area contributed by atoms with E-state index in [1.54, 1.807) is 0 Å². The molecule has 2 nitrogen and oxygen atoms in total. The van der Waals surface area contributed by atoms with Gasteiger partial charge in [0, 0.05) is 0 Å². The lowest BCUT2D eigenvalue weighted by atomic mass is 10.5. The molecule has 0 atom stereocenters. The van der Waals surface area contributed by atoms with Crippen LogP contribution in [0.1, 0.15) is 6.42 Å². The number of carbonyl (C=O) groups is 2. The second-order valence-electron chi connectivity index (χ2n) is 1.65. The zero-order chi connectivity index (χ0) is 11.1. The number of halogens is 6. The van der Waals surface area contributed by atoms with Crippen molar-refractivity contribution in [1.29, 1.82) is 0 Å². The summed E-state index contributed by atoms with van der Waals surface area (Å²) in [5.74, 6) is 0. The molecule has 8 heteroatoms. The van der Waals surface area contributed by atoms with E-state index in [-0.39, 0.29) is 12.7 Å². The molecule has 0 amide bonds. The first kappa shape index (κ1) is 16.5. The van der Waals surface area contributed by atoms with Crippen LogP contribution in [0, 0.1) is 0 Å². The standard InChI is InChI=1S/C3H3Cl3O.C2HCl3O/c4-3(5,6)1-2-7;3-2(4,5)1-6/h2H,1H2;1H. The van der Waals surface area contributed by atoms with Gasteiger partial charge in [0.1, 0.15) is 6.29 Å². The highest BCUT2D eigenvalue weighted by Crippen LogP contribution is 2.28. The lowest BCUT2D eigenvalue weighted by molar-refractivity contribution is -0.108. The lowest BCUT2D eigenvalue weighted by Crippen LogP contribution is -2.00. The largest absolute Gasteiger partial charge is 0.303 e. The summed E-state index contributed by atoms with van der Waals surface area (Å²) in [4.78, 5) is 19.0. The zero-order valence-corrected chi connectivity index (χ0v) is 10.5. The van der Waals surface area contributed by atoms with Crippen molar-refractivity contribution in [3.8, 4) is 0 Å². The Morgan fingerprint density at radius 1 is 0.923 bits per heavy atom. The Bertz CT molecular complexity index is 157. The predicted molar refractivity (Wildman–Crippen MR) is 57.3 cm³/mol. The second kappa shape index (κ2) is 7.38. The molecule has 0 heterocycles. The minimum atomic E-state index is -1.72. The molecule has 0 aromatic rings. The quantitative estimate of drug-likeness (QED) is 0.549. The number of hydrogen-bond acceptors (Lipinski definition) is 2. The Kier molecular flexibility index (Phi) is 9.37. The fraction of sp³-hybridized carbons (Fsp3) is 0.600.